The van der Waals surface area contributed by atoms with Gasteiger partial charge in [0.25, 0.3) is 0 Å². The Hall–Kier alpha value is -1.67. The van der Waals surface area contributed by atoms with E-state index in [0.29, 0.717) is 32.9 Å². The van der Waals surface area contributed by atoms with Gasteiger partial charge in [0, 0.05) is 32.8 Å². The van der Waals surface area contributed by atoms with E-state index in [0.717, 1.165) is 58.3 Å². The van der Waals surface area contributed by atoms with E-state index in [1.807, 2.05) is 0 Å². The predicted octanol–water partition coefficient (Wildman–Crippen LogP) is 2.45. The van der Waals surface area contributed by atoms with Crippen LogP contribution in [0.25, 0.3) is 0 Å². The first-order valence-corrected chi connectivity index (χ1v) is 11.4. The summed E-state index contributed by atoms with van der Waals surface area (Å²) in [5.74, 6) is 0.828. The number of ether oxygens (including phenoxy) is 3. The normalized spacial score (nSPS) is 16.4. The van der Waals surface area contributed by atoms with Gasteiger partial charge in [-0.3, -0.25) is 9.89 Å². The molecule has 7 nitrogen and oxygen atoms in total. The molecule has 2 N–H and O–H groups in total. The van der Waals surface area contributed by atoms with Gasteiger partial charge in [0.05, 0.1) is 45.6 Å². The minimum atomic E-state index is 0.252. The molecule has 1 fully saturated rings. The molecule has 0 bridgehead atoms. The third kappa shape index (κ3) is 9.89. The molecule has 1 aromatic carbocycles. The zero-order chi connectivity index (χ0) is 21.3. The van der Waals surface area contributed by atoms with Crippen LogP contribution in [-0.4, -0.2) is 83.2 Å². The number of hydrogen-bond acceptors (Lipinski definition) is 5. The number of nitrogens with zero attached hydrogens (tertiary/aromatic N) is 2. The number of guanidine groups is 1. The molecule has 0 aromatic heterocycles. The zero-order valence-electron chi connectivity index (χ0n) is 18.8. The molecular weight excluding hydrogens is 380 g/mol. The first-order chi connectivity index (χ1) is 14.8. The summed E-state index contributed by atoms with van der Waals surface area (Å²) in [6.45, 7) is 12.7. The van der Waals surface area contributed by atoms with Gasteiger partial charge in [-0.15, -0.1) is 0 Å². The number of nitrogens with one attached hydrogen (secondary N) is 2. The summed E-state index contributed by atoms with van der Waals surface area (Å²) in [7, 11) is 0. The predicted molar refractivity (Wildman–Crippen MR) is 122 cm³/mol. The molecule has 1 aromatic rings. The van der Waals surface area contributed by atoms with E-state index in [4.69, 9.17) is 19.2 Å². The fourth-order valence-electron chi connectivity index (χ4n) is 3.33. The summed E-state index contributed by atoms with van der Waals surface area (Å²) >= 11 is 0. The summed E-state index contributed by atoms with van der Waals surface area (Å²) in [4.78, 5) is 7.33. The summed E-state index contributed by atoms with van der Waals surface area (Å²) in [6.07, 6.45) is 2.27. The summed E-state index contributed by atoms with van der Waals surface area (Å²) in [5, 5.41) is 6.70. The number of benzene rings is 1. The van der Waals surface area contributed by atoms with Gasteiger partial charge in [0.2, 0.25) is 0 Å². The lowest BCUT2D eigenvalue weighted by molar-refractivity contribution is 0.0179. The molecule has 0 amide bonds. The highest BCUT2D eigenvalue weighted by Gasteiger charge is 2.22. The Morgan fingerprint density at radius 1 is 1.03 bits per heavy atom. The third-order valence-corrected chi connectivity index (χ3v) is 4.99. The van der Waals surface area contributed by atoms with Crippen molar-refractivity contribution in [2.45, 2.75) is 32.7 Å². The van der Waals surface area contributed by atoms with Crippen molar-refractivity contribution in [3.8, 4) is 0 Å². The highest BCUT2D eigenvalue weighted by molar-refractivity contribution is 5.79. The van der Waals surface area contributed by atoms with Gasteiger partial charge in [0.15, 0.2) is 5.96 Å². The summed E-state index contributed by atoms with van der Waals surface area (Å²) < 4.78 is 16.7. The highest BCUT2D eigenvalue weighted by atomic mass is 16.5. The Bertz CT molecular complexity index is 565. The first-order valence-electron chi connectivity index (χ1n) is 11.4. The van der Waals surface area contributed by atoms with E-state index in [9.17, 15) is 0 Å². The van der Waals surface area contributed by atoms with Crippen LogP contribution in [-0.2, 0) is 14.2 Å². The van der Waals surface area contributed by atoms with Gasteiger partial charge in [-0.05, 0) is 18.9 Å². The van der Waals surface area contributed by atoms with Crippen LogP contribution in [0.2, 0.25) is 0 Å². The van der Waals surface area contributed by atoms with E-state index >= 15 is 0 Å². The topological polar surface area (TPSA) is 67.4 Å². The van der Waals surface area contributed by atoms with Gasteiger partial charge in [0.1, 0.15) is 0 Å². The van der Waals surface area contributed by atoms with E-state index in [1.54, 1.807) is 0 Å². The fraction of sp³-hybridized carbons (Fsp3) is 0.696. The van der Waals surface area contributed by atoms with E-state index in [1.165, 1.54) is 5.56 Å². The molecule has 170 valence electrons. The van der Waals surface area contributed by atoms with Gasteiger partial charge >= 0.3 is 0 Å². The molecule has 1 aliphatic rings. The average Bonchev–Trinajstić information content (AvgIpc) is 2.79. The van der Waals surface area contributed by atoms with Crippen molar-refractivity contribution in [1.29, 1.82) is 0 Å². The maximum Gasteiger partial charge on any atom is 0.191 e. The number of morpholine rings is 1. The van der Waals surface area contributed by atoms with Crippen LogP contribution in [0, 0.1) is 0 Å². The van der Waals surface area contributed by atoms with Crippen molar-refractivity contribution in [1.82, 2.24) is 15.5 Å². The third-order valence-electron chi connectivity index (χ3n) is 4.99. The number of unbranched alkanes of at least 4 members (excludes halogenated alkanes) is 1. The van der Waals surface area contributed by atoms with E-state index < -0.39 is 0 Å². The number of hydrogen-bond donors (Lipinski definition) is 2. The second-order valence-electron chi connectivity index (χ2n) is 7.30. The molecule has 1 heterocycles. The molecule has 30 heavy (non-hydrogen) atoms. The zero-order valence-corrected chi connectivity index (χ0v) is 18.8. The molecule has 1 unspecified atom stereocenters. The number of rotatable bonds is 14. The smallest absolute Gasteiger partial charge is 0.191 e. The Morgan fingerprint density at radius 2 is 1.77 bits per heavy atom. The van der Waals surface area contributed by atoms with Crippen LogP contribution in [0.3, 0.4) is 0 Å². The average molecular weight is 421 g/mol. The lowest BCUT2D eigenvalue weighted by atomic mass is 10.1. The van der Waals surface area contributed by atoms with Crippen molar-refractivity contribution < 1.29 is 14.2 Å². The molecule has 0 aliphatic carbocycles. The molecule has 7 heteroatoms. The van der Waals surface area contributed by atoms with Crippen molar-refractivity contribution in [3.63, 3.8) is 0 Å². The minimum Gasteiger partial charge on any atom is -0.379 e. The maximum atomic E-state index is 5.64. The van der Waals surface area contributed by atoms with Gasteiger partial charge in [-0.25, -0.2) is 0 Å². The monoisotopic (exact) mass is 420 g/mol. The van der Waals surface area contributed by atoms with Gasteiger partial charge in [-0.1, -0.05) is 43.7 Å². The summed E-state index contributed by atoms with van der Waals surface area (Å²) in [6, 6.07) is 10.9. The SMILES string of the molecule is CCCCOCCOCCNC(=NCC(c1ccccc1)N1CCOCC1)NCC. The standard InChI is InChI=1S/C23H40N4O3/c1-3-5-14-28-18-19-29-15-11-25-23(24-4-2)26-20-22(21-9-7-6-8-10-21)27-12-16-30-17-13-27/h6-10,22H,3-5,11-20H2,1-2H3,(H2,24,25,26). The molecule has 0 saturated carbocycles. The van der Waals surface area contributed by atoms with Gasteiger partial charge in [-0.2, -0.15) is 0 Å². The quantitative estimate of drug-likeness (QED) is 0.274. The van der Waals surface area contributed by atoms with Crippen molar-refractivity contribution in [2.75, 3.05) is 72.4 Å². The van der Waals surface area contributed by atoms with Gasteiger partial charge < -0.3 is 24.8 Å². The molecule has 1 saturated heterocycles. The molecular formula is C23H40N4O3. The van der Waals surface area contributed by atoms with Crippen LogP contribution in [0.4, 0.5) is 0 Å². The molecule has 0 radical (unpaired) electrons. The van der Waals surface area contributed by atoms with Crippen molar-refractivity contribution in [2.24, 2.45) is 4.99 Å². The number of aliphatic imine (C=N–C) groups is 1. The Labute approximate surface area is 182 Å². The van der Waals surface area contributed by atoms with Crippen LogP contribution in [0.15, 0.2) is 35.3 Å². The second-order valence-corrected chi connectivity index (χ2v) is 7.30. The Morgan fingerprint density at radius 3 is 2.47 bits per heavy atom. The highest BCUT2D eigenvalue weighted by Crippen LogP contribution is 2.22. The van der Waals surface area contributed by atoms with Crippen LogP contribution in [0.1, 0.15) is 38.3 Å². The Balaban J connectivity index is 1.80. The molecule has 0 spiro atoms. The first kappa shape index (κ1) is 24.6. The lowest BCUT2D eigenvalue weighted by Crippen LogP contribution is -2.42. The van der Waals surface area contributed by atoms with Crippen molar-refractivity contribution >= 4 is 5.96 Å². The molecule has 1 aliphatic heterocycles. The largest absolute Gasteiger partial charge is 0.379 e. The molecule has 1 atom stereocenters. The van der Waals surface area contributed by atoms with Crippen molar-refractivity contribution in [3.05, 3.63) is 35.9 Å². The second kappa shape index (κ2) is 16.1. The van der Waals surface area contributed by atoms with E-state index in [-0.39, 0.29) is 6.04 Å². The Kier molecular flexibility index (Phi) is 13.2. The fourth-order valence-corrected chi connectivity index (χ4v) is 3.33. The maximum absolute atomic E-state index is 5.64. The van der Waals surface area contributed by atoms with Crippen LogP contribution >= 0.6 is 0 Å². The van der Waals surface area contributed by atoms with E-state index in [2.05, 4.69) is 59.7 Å². The van der Waals surface area contributed by atoms with Crippen LogP contribution < -0.4 is 10.6 Å². The summed E-state index contributed by atoms with van der Waals surface area (Å²) in [5.41, 5.74) is 1.30. The van der Waals surface area contributed by atoms with Crippen LogP contribution in [0.5, 0.6) is 0 Å². The minimum absolute atomic E-state index is 0.252. The lowest BCUT2D eigenvalue weighted by Gasteiger charge is -2.34. The molecule has 2 rings (SSSR count).